The van der Waals surface area contributed by atoms with Gasteiger partial charge in [0.25, 0.3) is 0 Å². The second-order valence-electron chi connectivity index (χ2n) is 9.85. The summed E-state index contributed by atoms with van der Waals surface area (Å²) in [4.78, 5) is 12.8. The fourth-order valence-electron chi connectivity index (χ4n) is 7.13. The standard InChI is InChI=1S/C21H25NO6/c1-22(8-11-6-14(11)25)9-16(26)21-17-10-2-3-12(23)18(17)28-19(21)13(24)4-5-20(21,27)15(22)7-10/h2-3,11,14-16,19,25-27H,4-9H2,1H3/p+1/t11?,14?,15-,16+,19-,20+,21-,22-/m0/s1. The molecule has 2 aliphatic heterocycles. The second kappa shape index (κ2) is 4.90. The summed E-state index contributed by atoms with van der Waals surface area (Å²) < 4.78 is 6.44. The Labute approximate surface area is 162 Å². The summed E-state index contributed by atoms with van der Waals surface area (Å²) in [5, 5.41) is 44.0. The molecule has 4 N–H and O–H groups in total. The number of likely N-dealkylation sites (tertiary alicyclic amines) is 1. The van der Waals surface area contributed by atoms with Gasteiger partial charge in [0, 0.05) is 24.3 Å². The molecule has 2 heterocycles. The number of nitrogens with zero attached hydrogens (tertiary/aromatic N) is 1. The summed E-state index contributed by atoms with van der Waals surface area (Å²) >= 11 is 0. The molecular weight excluding hydrogens is 362 g/mol. The predicted molar refractivity (Wildman–Crippen MR) is 96.9 cm³/mol. The summed E-state index contributed by atoms with van der Waals surface area (Å²) in [6.07, 6.45) is -0.411. The molecule has 150 valence electrons. The summed E-state index contributed by atoms with van der Waals surface area (Å²) in [7, 11) is 2.05. The van der Waals surface area contributed by atoms with Crippen molar-refractivity contribution in [2.24, 2.45) is 5.92 Å². The molecule has 0 amide bonds. The van der Waals surface area contributed by atoms with Crippen molar-refractivity contribution in [3.8, 4) is 11.5 Å². The van der Waals surface area contributed by atoms with Crippen molar-refractivity contribution in [1.29, 1.82) is 0 Å². The maximum absolute atomic E-state index is 12.8. The lowest BCUT2D eigenvalue weighted by Gasteiger charge is -2.65. The first kappa shape index (κ1) is 17.2. The molecule has 1 aromatic rings. The molecule has 3 aliphatic carbocycles. The molecule has 2 saturated carbocycles. The molecule has 0 aromatic heterocycles. The van der Waals surface area contributed by atoms with Crippen LogP contribution < -0.4 is 4.74 Å². The Morgan fingerprint density at radius 2 is 2.07 bits per heavy atom. The lowest BCUT2D eigenvalue weighted by atomic mass is 9.47. The minimum atomic E-state index is -1.30. The number of aliphatic hydroxyl groups is 3. The van der Waals surface area contributed by atoms with E-state index in [0.717, 1.165) is 12.0 Å². The molecule has 2 unspecified atom stereocenters. The van der Waals surface area contributed by atoms with Crippen LogP contribution >= 0.6 is 0 Å². The minimum absolute atomic E-state index is 0.0488. The number of hydrogen-bond donors (Lipinski definition) is 4. The zero-order chi connectivity index (χ0) is 19.6. The van der Waals surface area contributed by atoms with Gasteiger partial charge in [-0.05, 0) is 24.5 Å². The van der Waals surface area contributed by atoms with E-state index in [1.54, 1.807) is 6.07 Å². The van der Waals surface area contributed by atoms with Crippen LogP contribution in [0.1, 0.15) is 30.4 Å². The van der Waals surface area contributed by atoms with Crippen LogP contribution in [0, 0.1) is 5.92 Å². The number of aliphatic hydroxyl groups excluding tert-OH is 2. The molecule has 1 aromatic carbocycles. The van der Waals surface area contributed by atoms with Crippen LogP contribution in [0.15, 0.2) is 12.1 Å². The molecule has 2 bridgehead atoms. The highest BCUT2D eigenvalue weighted by Gasteiger charge is 2.80. The van der Waals surface area contributed by atoms with E-state index in [0.29, 0.717) is 29.6 Å². The number of phenols is 1. The number of ether oxygens (including phenoxy) is 1. The topological polar surface area (TPSA) is 107 Å². The van der Waals surface area contributed by atoms with Crippen molar-refractivity contribution >= 4 is 5.78 Å². The van der Waals surface area contributed by atoms with Gasteiger partial charge in [-0.1, -0.05) is 6.07 Å². The predicted octanol–water partition coefficient (Wildman–Crippen LogP) is -0.388. The average Bonchev–Trinajstić information content (AvgIpc) is 3.16. The SMILES string of the molecule is C[N@+]1(CC2CC2O)C[C@@H](O)[C@]23c4c5ccc(O)c4O[C@H]2C(=O)CC[C@@]3(O)[C@@H]1C5. The van der Waals surface area contributed by atoms with Crippen molar-refractivity contribution in [3.63, 3.8) is 0 Å². The molecule has 3 fully saturated rings. The van der Waals surface area contributed by atoms with Crippen LogP contribution in [0.2, 0.25) is 0 Å². The van der Waals surface area contributed by atoms with Gasteiger partial charge in [-0.25, -0.2) is 0 Å². The maximum atomic E-state index is 12.8. The number of likely N-dealkylation sites (N-methyl/N-ethyl adjacent to an activating group) is 1. The van der Waals surface area contributed by atoms with E-state index in [9.17, 15) is 25.2 Å². The van der Waals surface area contributed by atoms with Gasteiger partial charge in [-0.2, -0.15) is 0 Å². The number of quaternary nitrogens is 1. The first-order chi connectivity index (χ1) is 13.2. The normalized spacial score (nSPS) is 50.1. The molecule has 7 heteroatoms. The van der Waals surface area contributed by atoms with Crippen molar-refractivity contribution in [2.45, 2.75) is 61.1 Å². The molecule has 8 atom stereocenters. The average molecular weight is 388 g/mol. The van der Waals surface area contributed by atoms with Crippen molar-refractivity contribution in [1.82, 2.24) is 0 Å². The number of carbonyl (C=O) groups is 1. The molecule has 1 saturated heterocycles. The van der Waals surface area contributed by atoms with Crippen LogP contribution in [0.5, 0.6) is 11.5 Å². The number of piperidine rings is 1. The molecular formula is C21H26NO6+. The van der Waals surface area contributed by atoms with Crippen molar-refractivity contribution in [2.75, 3.05) is 20.1 Å². The number of aromatic hydroxyl groups is 1. The number of benzene rings is 1. The molecule has 0 radical (unpaired) electrons. The third-order valence-corrected chi connectivity index (χ3v) is 8.42. The fourth-order valence-corrected chi connectivity index (χ4v) is 7.13. The van der Waals surface area contributed by atoms with E-state index < -0.39 is 23.2 Å². The van der Waals surface area contributed by atoms with Crippen LogP contribution in [-0.4, -0.2) is 80.8 Å². The third-order valence-electron chi connectivity index (χ3n) is 8.42. The summed E-state index contributed by atoms with van der Waals surface area (Å²) in [6, 6.07) is 3.21. The highest BCUT2D eigenvalue weighted by molar-refractivity contribution is 5.90. The van der Waals surface area contributed by atoms with Gasteiger partial charge in [-0.15, -0.1) is 0 Å². The van der Waals surface area contributed by atoms with Gasteiger partial charge in [0.2, 0.25) is 0 Å². The van der Waals surface area contributed by atoms with Gasteiger partial charge >= 0.3 is 0 Å². The van der Waals surface area contributed by atoms with Crippen LogP contribution in [0.4, 0.5) is 0 Å². The summed E-state index contributed by atoms with van der Waals surface area (Å²) in [6.45, 7) is 1.08. The van der Waals surface area contributed by atoms with Gasteiger partial charge in [0.05, 0.1) is 19.7 Å². The Hall–Kier alpha value is -1.67. The first-order valence-electron chi connectivity index (χ1n) is 10.2. The Morgan fingerprint density at radius 3 is 2.79 bits per heavy atom. The lowest BCUT2D eigenvalue weighted by molar-refractivity contribution is -0.954. The van der Waals surface area contributed by atoms with E-state index in [1.807, 2.05) is 6.07 Å². The largest absolute Gasteiger partial charge is 0.504 e. The molecule has 28 heavy (non-hydrogen) atoms. The molecule has 5 aliphatic rings. The van der Waals surface area contributed by atoms with Crippen LogP contribution in [0.3, 0.4) is 0 Å². The highest BCUT2D eigenvalue weighted by atomic mass is 16.5. The fraction of sp³-hybridized carbons (Fsp3) is 0.667. The maximum Gasteiger partial charge on any atom is 0.174 e. The second-order valence-corrected chi connectivity index (χ2v) is 9.85. The number of ketones is 1. The van der Waals surface area contributed by atoms with Gasteiger partial charge in [0.15, 0.2) is 23.4 Å². The Kier molecular flexibility index (Phi) is 3.01. The quantitative estimate of drug-likeness (QED) is 0.514. The van der Waals surface area contributed by atoms with Crippen LogP contribution in [-0.2, 0) is 16.6 Å². The Bertz CT molecular complexity index is 918. The van der Waals surface area contributed by atoms with Crippen LogP contribution in [0.25, 0.3) is 0 Å². The monoisotopic (exact) mass is 388 g/mol. The number of rotatable bonds is 2. The summed E-state index contributed by atoms with van der Waals surface area (Å²) in [5.74, 6) is 0.266. The van der Waals surface area contributed by atoms with E-state index in [-0.39, 0.29) is 48.2 Å². The first-order valence-corrected chi connectivity index (χ1v) is 10.2. The third kappa shape index (κ3) is 1.70. The van der Waals surface area contributed by atoms with E-state index >= 15 is 0 Å². The van der Waals surface area contributed by atoms with E-state index in [4.69, 9.17) is 4.74 Å². The zero-order valence-corrected chi connectivity index (χ0v) is 15.8. The van der Waals surface area contributed by atoms with Gasteiger partial charge < -0.3 is 29.6 Å². The smallest absolute Gasteiger partial charge is 0.174 e. The Morgan fingerprint density at radius 1 is 1.32 bits per heavy atom. The number of hydrogen-bond acceptors (Lipinski definition) is 6. The molecule has 7 nitrogen and oxygen atoms in total. The highest BCUT2D eigenvalue weighted by Crippen LogP contribution is 2.65. The Balaban J connectivity index is 1.60. The number of Topliss-reactive ketones (excluding diaryl/α,β-unsaturated/α-hetero) is 1. The molecule has 6 rings (SSSR count). The zero-order valence-electron chi connectivity index (χ0n) is 15.8. The van der Waals surface area contributed by atoms with Gasteiger partial charge in [0.1, 0.15) is 29.7 Å². The van der Waals surface area contributed by atoms with Crippen molar-refractivity contribution < 1.29 is 34.4 Å². The number of phenolic OH excluding ortho intramolecular Hbond substituents is 1. The lowest BCUT2D eigenvalue weighted by Crippen LogP contribution is -2.85. The van der Waals surface area contributed by atoms with Crippen molar-refractivity contribution in [3.05, 3.63) is 23.3 Å². The van der Waals surface area contributed by atoms with Gasteiger partial charge in [-0.3, -0.25) is 4.79 Å². The minimum Gasteiger partial charge on any atom is -0.504 e. The van der Waals surface area contributed by atoms with E-state index in [1.165, 1.54) is 0 Å². The molecule has 1 spiro atoms. The number of carbonyl (C=O) groups excluding carboxylic acids is 1. The summed E-state index contributed by atoms with van der Waals surface area (Å²) in [5.41, 5.74) is -0.966. The van der Waals surface area contributed by atoms with E-state index in [2.05, 4.69) is 7.05 Å².